The third-order valence-corrected chi connectivity index (χ3v) is 5.99. The molecule has 0 aromatic carbocycles. The largest absolute Gasteiger partial charge is 0.432 e. The zero-order valence-corrected chi connectivity index (χ0v) is 16.7. The van der Waals surface area contributed by atoms with Crippen molar-refractivity contribution in [3.05, 3.63) is 14.3 Å². The minimum atomic E-state index is 0.0914. The van der Waals surface area contributed by atoms with E-state index in [1.54, 1.807) is 0 Å². The van der Waals surface area contributed by atoms with Gasteiger partial charge in [-0.1, -0.05) is 65.7 Å². The van der Waals surface area contributed by atoms with Gasteiger partial charge in [0.2, 0.25) is 10.6 Å². The molecule has 116 valence electrons. The third-order valence-electron chi connectivity index (χ3n) is 3.98. The van der Waals surface area contributed by atoms with Gasteiger partial charge in [-0.3, -0.25) is 0 Å². The van der Waals surface area contributed by atoms with Gasteiger partial charge in [-0.05, 0) is 51.4 Å². The van der Waals surface area contributed by atoms with Crippen molar-refractivity contribution in [2.24, 2.45) is 0 Å². The molecule has 0 spiro atoms. The molecule has 20 heavy (non-hydrogen) atoms. The highest BCUT2D eigenvalue weighted by molar-refractivity contribution is 14.1. The van der Waals surface area contributed by atoms with Crippen LogP contribution >= 0.6 is 38.5 Å². The molecule has 1 aromatic rings. The molecule has 0 aliphatic carbocycles. The normalized spacial score (nSPS) is 14.4. The zero-order chi connectivity index (χ0) is 15.0. The van der Waals surface area contributed by atoms with E-state index in [4.69, 9.17) is 4.42 Å². The van der Waals surface area contributed by atoms with Crippen LogP contribution in [0.5, 0.6) is 0 Å². The molecule has 1 heterocycles. The van der Waals surface area contributed by atoms with Crippen molar-refractivity contribution in [2.75, 3.05) is 0 Å². The summed E-state index contributed by atoms with van der Waals surface area (Å²) in [5.74, 6) is 0.915. The fraction of sp³-hybridized carbons (Fsp3) is 0.812. The van der Waals surface area contributed by atoms with Crippen molar-refractivity contribution in [3.8, 4) is 0 Å². The van der Waals surface area contributed by atoms with Gasteiger partial charge < -0.3 is 4.42 Å². The second-order valence-corrected chi connectivity index (χ2v) is 7.65. The Hall–Kier alpha value is 0.420. The molecule has 1 unspecified atom stereocenters. The van der Waals surface area contributed by atoms with Crippen molar-refractivity contribution < 1.29 is 4.42 Å². The number of hydrogen-bond donors (Lipinski definition) is 0. The lowest BCUT2D eigenvalue weighted by atomic mass is 9.80. The van der Waals surface area contributed by atoms with Crippen molar-refractivity contribution in [3.63, 3.8) is 0 Å². The van der Waals surface area contributed by atoms with Crippen LogP contribution in [0.25, 0.3) is 0 Å². The molecule has 0 radical (unpaired) electrons. The summed E-state index contributed by atoms with van der Waals surface area (Å²) < 4.78 is 7.57. The Kier molecular flexibility index (Phi) is 8.72. The number of unbranched alkanes of at least 4 members (excludes halogenated alkanes) is 5. The Bertz CT molecular complexity index is 374. The Morgan fingerprint density at radius 1 is 1.05 bits per heavy atom. The predicted octanol–water partition coefficient (Wildman–Crippen LogP) is 6.85. The van der Waals surface area contributed by atoms with Gasteiger partial charge in [0, 0.05) is 5.41 Å². The fourth-order valence-corrected chi connectivity index (χ4v) is 3.14. The third kappa shape index (κ3) is 5.66. The summed E-state index contributed by atoms with van der Waals surface area (Å²) in [6, 6.07) is 0. The lowest BCUT2D eigenvalue weighted by molar-refractivity contribution is 0.285. The van der Waals surface area contributed by atoms with Crippen LogP contribution in [0.1, 0.15) is 84.4 Å². The van der Waals surface area contributed by atoms with Crippen LogP contribution in [0.4, 0.5) is 0 Å². The topological polar surface area (TPSA) is 26.0 Å². The smallest absolute Gasteiger partial charge is 0.203 e. The first-order valence-electron chi connectivity index (χ1n) is 7.85. The number of nitrogens with zero attached hydrogens (tertiary/aromatic N) is 1. The standard InChI is InChI=1S/C16H27BrINO/c1-4-6-8-9-10-12-16(3,11-7-5-2)15-19-14(18)13(17)20-15/h4-12H2,1-3H3. The molecule has 2 nitrogen and oxygen atoms in total. The van der Waals surface area contributed by atoms with E-state index >= 15 is 0 Å². The summed E-state index contributed by atoms with van der Waals surface area (Å²) in [7, 11) is 0. The number of hydrogen-bond acceptors (Lipinski definition) is 2. The van der Waals surface area contributed by atoms with Crippen LogP contribution in [0.2, 0.25) is 0 Å². The molecule has 0 saturated carbocycles. The average Bonchev–Trinajstić information content (AvgIpc) is 2.77. The van der Waals surface area contributed by atoms with Crippen molar-refractivity contribution in [1.82, 2.24) is 4.98 Å². The van der Waals surface area contributed by atoms with E-state index in [0.717, 1.165) is 14.3 Å². The lowest BCUT2D eigenvalue weighted by Crippen LogP contribution is -2.22. The van der Waals surface area contributed by atoms with Crippen LogP contribution in [0.3, 0.4) is 0 Å². The molecule has 0 bridgehead atoms. The van der Waals surface area contributed by atoms with Crippen LogP contribution in [-0.4, -0.2) is 4.98 Å². The highest BCUT2D eigenvalue weighted by Crippen LogP contribution is 2.37. The van der Waals surface area contributed by atoms with Crippen molar-refractivity contribution in [2.45, 2.75) is 84.0 Å². The summed E-state index contributed by atoms with van der Waals surface area (Å²) in [4.78, 5) is 4.62. The van der Waals surface area contributed by atoms with Crippen LogP contribution < -0.4 is 0 Å². The average molecular weight is 456 g/mol. The second-order valence-electron chi connectivity index (χ2n) is 5.91. The SMILES string of the molecule is CCCCCCCC(C)(CCCC)c1nc(I)c(Br)o1. The molecule has 0 N–H and O–H groups in total. The van der Waals surface area contributed by atoms with Gasteiger partial charge in [0.05, 0.1) is 0 Å². The first-order valence-corrected chi connectivity index (χ1v) is 9.73. The first kappa shape index (κ1) is 18.5. The molecule has 1 rings (SSSR count). The minimum Gasteiger partial charge on any atom is -0.432 e. The minimum absolute atomic E-state index is 0.0914. The Morgan fingerprint density at radius 3 is 2.20 bits per heavy atom. The van der Waals surface area contributed by atoms with Gasteiger partial charge in [-0.2, -0.15) is 0 Å². The Morgan fingerprint density at radius 2 is 1.65 bits per heavy atom. The fourth-order valence-electron chi connectivity index (χ4n) is 2.57. The van der Waals surface area contributed by atoms with Crippen LogP contribution in [0.15, 0.2) is 9.09 Å². The van der Waals surface area contributed by atoms with E-state index in [9.17, 15) is 0 Å². The highest BCUT2D eigenvalue weighted by atomic mass is 127. The molecular weight excluding hydrogens is 429 g/mol. The Balaban J connectivity index is 2.65. The molecule has 1 atom stereocenters. The maximum Gasteiger partial charge on any atom is 0.203 e. The molecule has 0 aliphatic rings. The van der Waals surface area contributed by atoms with Gasteiger partial charge in [-0.15, -0.1) is 0 Å². The van der Waals surface area contributed by atoms with Crippen LogP contribution in [0, 0.1) is 3.70 Å². The van der Waals surface area contributed by atoms with Gasteiger partial charge in [0.1, 0.15) is 0 Å². The van der Waals surface area contributed by atoms with E-state index < -0.39 is 0 Å². The van der Waals surface area contributed by atoms with E-state index in [-0.39, 0.29) is 5.41 Å². The molecule has 4 heteroatoms. The Labute approximate surface area is 145 Å². The molecule has 0 amide bonds. The molecular formula is C16H27BrINO. The number of halogens is 2. The van der Waals surface area contributed by atoms with Crippen LogP contribution in [-0.2, 0) is 5.41 Å². The van der Waals surface area contributed by atoms with E-state index in [2.05, 4.69) is 64.3 Å². The number of oxazole rings is 1. The lowest BCUT2D eigenvalue weighted by Gasteiger charge is -2.26. The monoisotopic (exact) mass is 455 g/mol. The second kappa shape index (κ2) is 9.44. The number of aromatic nitrogens is 1. The maximum atomic E-state index is 5.85. The number of rotatable bonds is 10. The van der Waals surface area contributed by atoms with E-state index in [0.29, 0.717) is 0 Å². The summed E-state index contributed by atoms with van der Waals surface area (Å²) in [5.41, 5.74) is 0.0914. The maximum absolute atomic E-state index is 5.85. The van der Waals surface area contributed by atoms with E-state index in [1.165, 1.54) is 57.8 Å². The first-order chi connectivity index (χ1) is 9.53. The molecule has 0 fully saturated rings. The molecule has 0 saturated heterocycles. The highest BCUT2D eigenvalue weighted by Gasteiger charge is 2.31. The van der Waals surface area contributed by atoms with E-state index in [1.807, 2.05) is 0 Å². The summed E-state index contributed by atoms with van der Waals surface area (Å²) in [5, 5.41) is 0. The van der Waals surface area contributed by atoms with Crippen molar-refractivity contribution >= 4 is 38.5 Å². The summed E-state index contributed by atoms with van der Waals surface area (Å²) >= 11 is 5.67. The van der Waals surface area contributed by atoms with Gasteiger partial charge in [-0.25, -0.2) is 4.98 Å². The predicted molar refractivity (Wildman–Crippen MR) is 97.2 cm³/mol. The molecule has 0 aliphatic heterocycles. The van der Waals surface area contributed by atoms with Gasteiger partial charge in [0.15, 0.2) is 3.70 Å². The van der Waals surface area contributed by atoms with Crippen molar-refractivity contribution in [1.29, 1.82) is 0 Å². The summed E-state index contributed by atoms with van der Waals surface area (Å²) in [6.07, 6.45) is 11.4. The van der Waals surface area contributed by atoms with Gasteiger partial charge in [0.25, 0.3) is 0 Å². The quantitative estimate of drug-likeness (QED) is 0.284. The zero-order valence-electron chi connectivity index (χ0n) is 13.0. The van der Waals surface area contributed by atoms with Gasteiger partial charge >= 0.3 is 0 Å². The summed E-state index contributed by atoms with van der Waals surface area (Å²) in [6.45, 7) is 6.82. The molecule has 1 aromatic heterocycles.